The smallest absolute Gasteiger partial charge is 0.289 e. The topological polar surface area (TPSA) is 110 Å². The number of nitro benzene ring substituents is 1. The van der Waals surface area contributed by atoms with Gasteiger partial charge in [0.25, 0.3) is 15.7 Å². The van der Waals surface area contributed by atoms with Crippen molar-refractivity contribution in [1.29, 1.82) is 0 Å². The van der Waals surface area contributed by atoms with E-state index in [1.807, 2.05) is 0 Å². The number of nitrogens with zero attached hydrogens (tertiary/aromatic N) is 2. The first kappa shape index (κ1) is 22.7. The van der Waals surface area contributed by atoms with Gasteiger partial charge in [-0.1, -0.05) is 41.9 Å². The number of sulfonamides is 1. The first-order valence-corrected chi connectivity index (χ1v) is 11.4. The summed E-state index contributed by atoms with van der Waals surface area (Å²) in [5, 5.41) is 14.3. The van der Waals surface area contributed by atoms with E-state index in [-0.39, 0.29) is 5.69 Å². The van der Waals surface area contributed by atoms with Gasteiger partial charge < -0.3 is 5.32 Å². The van der Waals surface area contributed by atoms with E-state index in [1.54, 1.807) is 30.3 Å². The zero-order chi connectivity index (χ0) is 22.6. The Balaban J connectivity index is 1.98. The third kappa shape index (κ3) is 5.22. The maximum Gasteiger partial charge on any atom is 0.289 e. The minimum absolute atomic E-state index is 0.185. The van der Waals surface area contributed by atoms with Crippen LogP contribution in [0.2, 0.25) is 5.02 Å². The van der Waals surface area contributed by atoms with Crippen LogP contribution in [-0.4, -0.2) is 25.8 Å². The minimum Gasteiger partial charge on any atom is -0.324 e. The van der Waals surface area contributed by atoms with E-state index in [1.165, 1.54) is 30.3 Å². The molecule has 0 bridgehead atoms. The SMILES string of the molecule is O=C(CN(c1ccccc1)S(=O)(=O)c1ccccc1[N+](=O)[O-])Nc1ccc(Br)c(Cl)c1. The monoisotopic (exact) mass is 523 g/mol. The molecule has 0 aliphatic carbocycles. The average Bonchev–Trinajstić information content (AvgIpc) is 2.75. The van der Waals surface area contributed by atoms with Crippen molar-refractivity contribution in [2.45, 2.75) is 4.90 Å². The van der Waals surface area contributed by atoms with Crippen molar-refractivity contribution >= 4 is 60.5 Å². The molecular weight excluding hydrogens is 510 g/mol. The van der Waals surface area contributed by atoms with E-state index in [2.05, 4.69) is 21.2 Å². The second kappa shape index (κ2) is 9.46. The van der Waals surface area contributed by atoms with Crippen molar-refractivity contribution in [3.8, 4) is 0 Å². The Kier molecular flexibility index (Phi) is 6.94. The highest BCUT2D eigenvalue weighted by Gasteiger charge is 2.33. The van der Waals surface area contributed by atoms with Crippen molar-refractivity contribution in [3.05, 3.63) is 92.4 Å². The van der Waals surface area contributed by atoms with Gasteiger partial charge in [0.15, 0.2) is 4.90 Å². The van der Waals surface area contributed by atoms with Crippen LogP contribution in [0.4, 0.5) is 17.1 Å². The van der Waals surface area contributed by atoms with Crippen molar-refractivity contribution in [1.82, 2.24) is 0 Å². The second-order valence-corrected chi connectivity index (χ2v) is 9.34. The Morgan fingerprint density at radius 1 is 1.06 bits per heavy atom. The number of benzene rings is 3. The van der Waals surface area contributed by atoms with E-state index < -0.39 is 38.0 Å². The quantitative estimate of drug-likeness (QED) is 0.351. The molecule has 3 aromatic rings. The van der Waals surface area contributed by atoms with Crippen molar-refractivity contribution in [3.63, 3.8) is 0 Å². The molecule has 8 nitrogen and oxygen atoms in total. The van der Waals surface area contributed by atoms with E-state index in [9.17, 15) is 23.3 Å². The number of halogens is 2. The van der Waals surface area contributed by atoms with Gasteiger partial charge in [-0.05, 0) is 52.3 Å². The molecule has 160 valence electrons. The fourth-order valence-corrected chi connectivity index (χ4v) is 4.77. The highest BCUT2D eigenvalue weighted by molar-refractivity contribution is 9.10. The van der Waals surface area contributed by atoms with Gasteiger partial charge in [0, 0.05) is 16.2 Å². The number of carbonyl (C=O) groups excluding carboxylic acids is 1. The Hall–Kier alpha value is -2.95. The molecule has 0 atom stereocenters. The van der Waals surface area contributed by atoms with Gasteiger partial charge in [-0.25, -0.2) is 8.42 Å². The fraction of sp³-hybridized carbons (Fsp3) is 0.0500. The van der Waals surface area contributed by atoms with Crippen molar-refractivity contribution in [2.24, 2.45) is 0 Å². The van der Waals surface area contributed by atoms with Crippen LogP contribution in [0.25, 0.3) is 0 Å². The molecule has 0 aliphatic rings. The molecule has 0 saturated heterocycles. The number of para-hydroxylation sites is 2. The number of nitrogens with one attached hydrogen (secondary N) is 1. The normalized spacial score (nSPS) is 11.0. The van der Waals surface area contributed by atoms with Gasteiger partial charge in [0.1, 0.15) is 6.54 Å². The molecule has 0 heterocycles. The summed E-state index contributed by atoms with van der Waals surface area (Å²) in [5.41, 5.74) is -0.0255. The summed E-state index contributed by atoms with van der Waals surface area (Å²) < 4.78 is 28.2. The van der Waals surface area contributed by atoms with Crippen LogP contribution in [-0.2, 0) is 14.8 Å². The number of amides is 1. The zero-order valence-electron chi connectivity index (χ0n) is 15.7. The molecule has 0 radical (unpaired) electrons. The molecule has 1 amide bonds. The molecule has 3 aromatic carbocycles. The fourth-order valence-electron chi connectivity index (χ4n) is 2.76. The summed E-state index contributed by atoms with van der Waals surface area (Å²) in [4.78, 5) is 22.8. The molecule has 31 heavy (non-hydrogen) atoms. The van der Waals surface area contributed by atoms with Crippen LogP contribution in [0.3, 0.4) is 0 Å². The van der Waals surface area contributed by atoms with Crippen LogP contribution < -0.4 is 9.62 Å². The first-order chi connectivity index (χ1) is 14.7. The number of nitro groups is 1. The summed E-state index contributed by atoms with van der Waals surface area (Å²) in [6, 6.07) is 17.6. The molecule has 1 N–H and O–H groups in total. The van der Waals surface area contributed by atoms with E-state index in [0.29, 0.717) is 15.2 Å². The number of hydrogen-bond acceptors (Lipinski definition) is 5. The predicted octanol–water partition coefficient (Wildman–Crippen LogP) is 4.84. The third-order valence-electron chi connectivity index (χ3n) is 4.16. The number of anilines is 2. The van der Waals surface area contributed by atoms with Crippen molar-refractivity contribution < 1.29 is 18.1 Å². The van der Waals surface area contributed by atoms with E-state index >= 15 is 0 Å². The molecule has 0 saturated carbocycles. The lowest BCUT2D eigenvalue weighted by Gasteiger charge is -2.24. The Bertz CT molecular complexity index is 1240. The Morgan fingerprint density at radius 2 is 1.71 bits per heavy atom. The molecule has 0 unspecified atom stereocenters. The van der Waals surface area contributed by atoms with Gasteiger partial charge in [-0.3, -0.25) is 19.2 Å². The Morgan fingerprint density at radius 3 is 2.35 bits per heavy atom. The summed E-state index contributed by atoms with van der Waals surface area (Å²) in [6.07, 6.45) is 0. The molecule has 0 aromatic heterocycles. The number of rotatable bonds is 7. The van der Waals surface area contributed by atoms with Crippen LogP contribution in [0.1, 0.15) is 0 Å². The second-order valence-electron chi connectivity index (χ2n) is 6.25. The summed E-state index contributed by atoms with van der Waals surface area (Å²) in [6.45, 7) is -0.605. The van der Waals surface area contributed by atoms with E-state index in [0.717, 1.165) is 16.4 Å². The van der Waals surface area contributed by atoms with Crippen LogP contribution in [0.15, 0.2) is 82.2 Å². The van der Waals surface area contributed by atoms with Gasteiger partial charge >= 0.3 is 0 Å². The van der Waals surface area contributed by atoms with Crippen molar-refractivity contribution in [2.75, 3.05) is 16.2 Å². The van der Waals surface area contributed by atoms with E-state index in [4.69, 9.17) is 11.6 Å². The lowest BCUT2D eigenvalue weighted by molar-refractivity contribution is -0.387. The zero-order valence-corrected chi connectivity index (χ0v) is 18.9. The molecule has 3 rings (SSSR count). The van der Waals surface area contributed by atoms with Crippen LogP contribution in [0, 0.1) is 10.1 Å². The van der Waals surface area contributed by atoms with Crippen LogP contribution in [0.5, 0.6) is 0 Å². The molecule has 0 fully saturated rings. The number of carbonyl (C=O) groups is 1. The molecule has 0 spiro atoms. The average molecular weight is 525 g/mol. The maximum absolute atomic E-state index is 13.4. The number of hydrogen-bond donors (Lipinski definition) is 1. The highest BCUT2D eigenvalue weighted by atomic mass is 79.9. The van der Waals surface area contributed by atoms with Crippen LogP contribution >= 0.6 is 27.5 Å². The molecule has 0 aliphatic heterocycles. The lowest BCUT2D eigenvalue weighted by Crippen LogP contribution is -2.38. The highest BCUT2D eigenvalue weighted by Crippen LogP contribution is 2.30. The standard InChI is InChI=1S/C20H15BrClN3O5S/c21-16-11-10-14(12-17(16)22)23-20(26)13-24(15-6-2-1-3-7-15)31(29,30)19-9-5-4-8-18(19)25(27)28/h1-12H,13H2,(H,23,26). The largest absolute Gasteiger partial charge is 0.324 e. The minimum atomic E-state index is -4.43. The summed E-state index contributed by atoms with van der Waals surface area (Å²) in [7, 11) is -4.43. The van der Waals surface area contributed by atoms with Gasteiger partial charge in [-0.2, -0.15) is 0 Å². The summed E-state index contributed by atoms with van der Waals surface area (Å²) in [5.74, 6) is -0.649. The predicted molar refractivity (Wildman–Crippen MR) is 122 cm³/mol. The van der Waals surface area contributed by atoms with Gasteiger partial charge in [0.2, 0.25) is 5.91 Å². The molecular formula is C20H15BrClN3O5S. The van der Waals surface area contributed by atoms with Gasteiger partial charge in [0.05, 0.1) is 15.6 Å². The lowest BCUT2D eigenvalue weighted by atomic mass is 10.3. The third-order valence-corrected chi connectivity index (χ3v) is 7.22. The first-order valence-electron chi connectivity index (χ1n) is 8.76. The summed E-state index contributed by atoms with van der Waals surface area (Å²) >= 11 is 9.28. The maximum atomic E-state index is 13.4. The molecule has 11 heteroatoms. The Labute approximate surface area is 191 Å². The van der Waals surface area contributed by atoms with Gasteiger partial charge in [-0.15, -0.1) is 0 Å².